The summed E-state index contributed by atoms with van der Waals surface area (Å²) in [7, 11) is 1.64. The van der Waals surface area contributed by atoms with E-state index in [-0.39, 0.29) is 5.91 Å². The van der Waals surface area contributed by atoms with Crippen LogP contribution in [0.5, 0.6) is 5.75 Å². The van der Waals surface area contributed by atoms with E-state index in [4.69, 9.17) is 4.74 Å². The monoisotopic (exact) mass is 352 g/mol. The van der Waals surface area contributed by atoms with Gasteiger partial charge in [0.1, 0.15) is 11.3 Å². The van der Waals surface area contributed by atoms with Crippen molar-refractivity contribution >= 4 is 27.5 Å². The van der Waals surface area contributed by atoms with Gasteiger partial charge in [-0.3, -0.25) is 4.79 Å². The highest BCUT2D eigenvalue weighted by Gasteiger charge is 2.13. The molecule has 128 valence electrons. The molecule has 0 aliphatic rings. The van der Waals surface area contributed by atoms with Crippen molar-refractivity contribution in [2.75, 3.05) is 7.11 Å². The molecule has 0 saturated heterocycles. The lowest BCUT2D eigenvalue weighted by molar-refractivity contribution is 0.0997. The number of fused-ring (bicyclic) bond motifs is 1. The molecule has 0 atom stereocenters. The number of aromatic nitrogens is 1. The van der Waals surface area contributed by atoms with Crippen LogP contribution in [-0.2, 0) is 6.54 Å². The lowest BCUT2D eigenvalue weighted by atomic mass is 10.1. The van der Waals surface area contributed by atoms with Crippen LogP contribution in [0.15, 0.2) is 54.0 Å². The number of hydrogen-bond donors (Lipinski definition) is 0. The Balaban J connectivity index is 2.22. The molecule has 4 nitrogen and oxygen atoms in total. The fraction of sp³-hybridized carbons (Fsp3) is 0.200. The molecule has 3 rings (SSSR count). The van der Waals surface area contributed by atoms with Crippen molar-refractivity contribution in [3.8, 4) is 5.75 Å². The number of rotatable bonds is 4. The summed E-state index contributed by atoms with van der Waals surface area (Å²) in [6.07, 6.45) is 1.79. The molecule has 0 fully saturated rings. The lowest BCUT2D eigenvalue weighted by Crippen LogP contribution is -2.17. The van der Waals surface area contributed by atoms with Crippen LogP contribution in [0.25, 0.3) is 10.2 Å². The van der Waals surface area contributed by atoms with E-state index in [1.165, 1.54) is 11.3 Å². The molecule has 0 bridgehead atoms. The first-order chi connectivity index (χ1) is 12.0. The minimum absolute atomic E-state index is 0.232. The number of aryl methyl sites for hydroxylation is 2. The summed E-state index contributed by atoms with van der Waals surface area (Å²) in [6, 6.07) is 11.7. The van der Waals surface area contributed by atoms with Crippen molar-refractivity contribution in [1.82, 2.24) is 4.57 Å². The number of carbonyl (C=O) groups is 1. The quantitative estimate of drug-likeness (QED) is 0.659. The molecule has 0 aliphatic carbocycles. The van der Waals surface area contributed by atoms with Gasteiger partial charge in [0.25, 0.3) is 5.91 Å². The first kappa shape index (κ1) is 17.2. The largest absolute Gasteiger partial charge is 0.495 e. The maximum atomic E-state index is 12.7. The Kier molecular flexibility index (Phi) is 4.86. The molecule has 3 aromatic rings. The smallest absolute Gasteiger partial charge is 0.279 e. The Bertz CT molecular complexity index is 1030. The van der Waals surface area contributed by atoms with Gasteiger partial charge < -0.3 is 9.30 Å². The average Bonchev–Trinajstić information content (AvgIpc) is 2.94. The van der Waals surface area contributed by atoms with Gasteiger partial charge in [-0.05, 0) is 37.6 Å². The van der Waals surface area contributed by atoms with Gasteiger partial charge in [-0.15, -0.1) is 6.58 Å². The third-order valence-corrected chi connectivity index (χ3v) is 5.06. The molecule has 0 saturated carbocycles. The Hall–Kier alpha value is -2.66. The number of thiazole rings is 1. The van der Waals surface area contributed by atoms with Gasteiger partial charge >= 0.3 is 0 Å². The summed E-state index contributed by atoms with van der Waals surface area (Å²) < 4.78 is 8.47. The summed E-state index contributed by atoms with van der Waals surface area (Å²) in [4.78, 5) is 17.8. The number of methoxy groups -OCH3 is 1. The van der Waals surface area contributed by atoms with Crippen molar-refractivity contribution in [1.29, 1.82) is 0 Å². The molecule has 0 aliphatic heterocycles. The van der Waals surface area contributed by atoms with Gasteiger partial charge in [-0.1, -0.05) is 41.2 Å². The van der Waals surface area contributed by atoms with E-state index in [1.54, 1.807) is 13.2 Å². The molecule has 0 spiro atoms. The van der Waals surface area contributed by atoms with Crippen molar-refractivity contribution in [3.63, 3.8) is 0 Å². The Morgan fingerprint density at radius 2 is 2.12 bits per heavy atom. The van der Waals surface area contributed by atoms with E-state index >= 15 is 0 Å². The number of nitrogens with zero attached hydrogens (tertiary/aromatic N) is 2. The number of carbonyl (C=O) groups excluding carboxylic acids is 1. The van der Waals surface area contributed by atoms with Gasteiger partial charge in [0.2, 0.25) is 0 Å². The van der Waals surface area contributed by atoms with Crippen LogP contribution >= 0.6 is 11.3 Å². The maximum Gasteiger partial charge on any atom is 0.279 e. The zero-order valence-corrected chi connectivity index (χ0v) is 15.4. The van der Waals surface area contributed by atoms with Crippen molar-refractivity contribution in [2.24, 2.45) is 4.99 Å². The molecule has 0 N–H and O–H groups in total. The number of allylic oxidation sites excluding steroid dienone is 1. The van der Waals surface area contributed by atoms with E-state index in [1.807, 2.05) is 54.8 Å². The van der Waals surface area contributed by atoms with Crippen LogP contribution in [0, 0.1) is 13.8 Å². The topological polar surface area (TPSA) is 43.6 Å². The number of benzene rings is 2. The van der Waals surface area contributed by atoms with Gasteiger partial charge in [-0.25, -0.2) is 0 Å². The molecule has 1 amide bonds. The standard InChI is InChI=1S/C20H20N2O2S/c1-5-11-22-18-16(24-4)7-6-8-17(18)25-20(22)21-19(23)15-12-13(2)9-10-14(15)3/h5-10,12H,1,11H2,2-4H3. The van der Waals surface area contributed by atoms with Gasteiger partial charge in [-0.2, -0.15) is 4.99 Å². The average molecular weight is 352 g/mol. The van der Waals surface area contributed by atoms with Gasteiger partial charge in [0.15, 0.2) is 4.80 Å². The highest BCUT2D eigenvalue weighted by molar-refractivity contribution is 7.16. The number of hydrogen-bond acceptors (Lipinski definition) is 3. The highest BCUT2D eigenvalue weighted by atomic mass is 32.1. The van der Waals surface area contributed by atoms with E-state index in [2.05, 4.69) is 11.6 Å². The molecule has 2 aromatic carbocycles. The molecular formula is C20H20N2O2S. The molecule has 5 heteroatoms. The molecular weight excluding hydrogens is 332 g/mol. The second-order valence-electron chi connectivity index (χ2n) is 5.83. The van der Waals surface area contributed by atoms with E-state index in [0.29, 0.717) is 16.9 Å². The Morgan fingerprint density at radius 1 is 1.32 bits per heavy atom. The Labute approximate surface area is 150 Å². The Morgan fingerprint density at radius 3 is 2.84 bits per heavy atom. The molecule has 1 heterocycles. The zero-order chi connectivity index (χ0) is 18.0. The van der Waals surface area contributed by atoms with Crippen molar-refractivity contribution in [2.45, 2.75) is 20.4 Å². The third-order valence-electron chi connectivity index (χ3n) is 4.02. The lowest BCUT2D eigenvalue weighted by Gasteiger charge is -2.06. The second kappa shape index (κ2) is 7.07. The molecule has 1 aromatic heterocycles. The summed E-state index contributed by atoms with van der Waals surface area (Å²) in [6.45, 7) is 8.27. The van der Waals surface area contributed by atoms with Gasteiger partial charge in [0.05, 0.1) is 11.8 Å². The minimum Gasteiger partial charge on any atom is -0.495 e. The summed E-state index contributed by atoms with van der Waals surface area (Å²) in [5.41, 5.74) is 3.53. The van der Waals surface area contributed by atoms with Crippen LogP contribution in [0.1, 0.15) is 21.5 Å². The van der Waals surface area contributed by atoms with Crippen LogP contribution in [-0.4, -0.2) is 17.6 Å². The normalized spacial score (nSPS) is 11.7. The zero-order valence-electron chi connectivity index (χ0n) is 14.6. The molecule has 0 radical (unpaired) electrons. The first-order valence-corrected chi connectivity index (χ1v) is 8.80. The van der Waals surface area contributed by atoms with Crippen molar-refractivity contribution in [3.05, 3.63) is 70.5 Å². The molecule has 25 heavy (non-hydrogen) atoms. The second-order valence-corrected chi connectivity index (χ2v) is 6.84. The minimum atomic E-state index is -0.232. The fourth-order valence-electron chi connectivity index (χ4n) is 2.76. The third kappa shape index (κ3) is 3.28. The highest BCUT2D eigenvalue weighted by Crippen LogP contribution is 2.27. The van der Waals surface area contributed by atoms with E-state index in [9.17, 15) is 4.79 Å². The van der Waals surface area contributed by atoms with Crippen LogP contribution in [0.3, 0.4) is 0 Å². The summed E-state index contributed by atoms with van der Waals surface area (Å²) in [5.74, 6) is 0.528. The van der Waals surface area contributed by atoms with Crippen LogP contribution < -0.4 is 9.54 Å². The van der Waals surface area contributed by atoms with E-state index in [0.717, 1.165) is 27.1 Å². The number of para-hydroxylation sites is 1. The maximum absolute atomic E-state index is 12.7. The summed E-state index contributed by atoms with van der Waals surface area (Å²) in [5, 5.41) is 0. The van der Waals surface area contributed by atoms with Crippen LogP contribution in [0.2, 0.25) is 0 Å². The molecule has 0 unspecified atom stereocenters. The predicted octanol–water partition coefficient (Wildman–Crippen LogP) is 4.26. The first-order valence-electron chi connectivity index (χ1n) is 7.98. The van der Waals surface area contributed by atoms with Crippen LogP contribution in [0.4, 0.5) is 0 Å². The summed E-state index contributed by atoms with van der Waals surface area (Å²) >= 11 is 1.47. The SMILES string of the molecule is C=CCn1c(=NC(=O)c2cc(C)ccc2C)sc2cccc(OC)c21. The van der Waals surface area contributed by atoms with E-state index < -0.39 is 0 Å². The predicted molar refractivity (Wildman–Crippen MR) is 102 cm³/mol. The number of ether oxygens (including phenoxy) is 1. The van der Waals surface area contributed by atoms with Crippen molar-refractivity contribution < 1.29 is 9.53 Å². The number of amides is 1. The van der Waals surface area contributed by atoms with Gasteiger partial charge in [0, 0.05) is 12.1 Å². The fourth-order valence-corrected chi connectivity index (χ4v) is 3.81.